The van der Waals surface area contributed by atoms with E-state index in [4.69, 9.17) is 4.43 Å². The van der Waals surface area contributed by atoms with Gasteiger partial charge in [0.05, 0.1) is 5.56 Å². The summed E-state index contributed by atoms with van der Waals surface area (Å²) in [5.74, 6) is 0. The third-order valence-corrected chi connectivity index (χ3v) is 9.03. The summed E-state index contributed by atoms with van der Waals surface area (Å²) < 4.78 is 43.7. The fourth-order valence-electron chi connectivity index (χ4n) is 2.67. The lowest BCUT2D eigenvalue weighted by atomic mass is 10.1. The predicted molar refractivity (Wildman–Crippen MR) is 82.9 cm³/mol. The molecule has 0 spiro atoms. The Balaban J connectivity index is 2.50. The van der Waals surface area contributed by atoms with E-state index in [1.54, 1.807) is 13.2 Å². The highest BCUT2D eigenvalue weighted by Gasteiger charge is 2.30. The topological polar surface area (TPSA) is 9.23 Å². The number of halogens is 3. The van der Waals surface area contributed by atoms with E-state index in [0.717, 1.165) is 42.6 Å². The van der Waals surface area contributed by atoms with Crippen LogP contribution in [0.4, 0.5) is 13.2 Å². The maximum Gasteiger partial charge on any atom is 0.416 e. The summed E-state index contributed by atoms with van der Waals surface area (Å²) in [6.45, 7) is 4.35. The second-order valence-corrected chi connectivity index (χ2v) is 10.2. The van der Waals surface area contributed by atoms with Crippen LogP contribution in [0.25, 0.3) is 0 Å². The molecule has 1 aromatic rings. The fraction of sp³-hybridized carbons (Fsp3) is 0.625. The SMILES string of the molecule is CC[Si](CC)(CCCCc1cccc(C(F)(F)F)c1)OC. The van der Waals surface area contributed by atoms with Crippen LogP contribution in [0.2, 0.25) is 18.1 Å². The van der Waals surface area contributed by atoms with E-state index in [9.17, 15) is 13.2 Å². The zero-order chi connectivity index (χ0) is 15.9. The smallest absolute Gasteiger partial charge is 0.416 e. The van der Waals surface area contributed by atoms with Gasteiger partial charge in [-0.05, 0) is 42.6 Å². The number of aryl methyl sites for hydroxylation is 1. The Morgan fingerprint density at radius 3 is 2.29 bits per heavy atom. The van der Waals surface area contributed by atoms with Crippen LogP contribution in [-0.2, 0) is 17.0 Å². The number of hydrogen-bond acceptors (Lipinski definition) is 1. The van der Waals surface area contributed by atoms with Gasteiger partial charge in [0.1, 0.15) is 0 Å². The molecule has 0 atom stereocenters. The van der Waals surface area contributed by atoms with E-state index < -0.39 is 20.1 Å². The zero-order valence-electron chi connectivity index (χ0n) is 13.1. The van der Waals surface area contributed by atoms with E-state index in [0.29, 0.717) is 6.42 Å². The average Bonchev–Trinajstić information content (AvgIpc) is 2.48. The number of rotatable bonds is 8. The van der Waals surface area contributed by atoms with Crippen molar-refractivity contribution in [3.05, 3.63) is 35.4 Å². The van der Waals surface area contributed by atoms with Gasteiger partial charge in [-0.2, -0.15) is 13.2 Å². The molecule has 0 aromatic heterocycles. The lowest BCUT2D eigenvalue weighted by molar-refractivity contribution is -0.137. The minimum Gasteiger partial charge on any atom is -0.420 e. The van der Waals surface area contributed by atoms with E-state index in [1.165, 1.54) is 12.1 Å². The summed E-state index contributed by atoms with van der Waals surface area (Å²) in [5, 5.41) is 0. The molecule has 0 fully saturated rings. The van der Waals surface area contributed by atoms with Gasteiger partial charge < -0.3 is 4.43 Å². The molecule has 0 heterocycles. The molecule has 0 aliphatic carbocycles. The summed E-state index contributed by atoms with van der Waals surface area (Å²) in [5.41, 5.74) is 0.213. The molecule has 0 radical (unpaired) electrons. The number of benzene rings is 1. The number of alkyl halides is 3. The van der Waals surface area contributed by atoms with E-state index in [1.807, 2.05) is 0 Å². The van der Waals surface area contributed by atoms with Gasteiger partial charge >= 0.3 is 6.18 Å². The monoisotopic (exact) mass is 318 g/mol. The quantitative estimate of drug-likeness (QED) is 0.444. The first-order valence-electron chi connectivity index (χ1n) is 7.58. The Kier molecular flexibility index (Phi) is 6.94. The molecular formula is C16H25F3OSi. The van der Waals surface area contributed by atoms with Crippen LogP contribution in [0.3, 0.4) is 0 Å². The van der Waals surface area contributed by atoms with Crippen molar-refractivity contribution in [2.45, 2.75) is 57.4 Å². The van der Waals surface area contributed by atoms with Crippen LogP contribution >= 0.6 is 0 Å². The Labute approximate surface area is 126 Å². The highest BCUT2D eigenvalue weighted by atomic mass is 28.4. The molecule has 1 nitrogen and oxygen atoms in total. The van der Waals surface area contributed by atoms with Gasteiger partial charge in [0, 0.05) is 7.11 Å². The van der Waals surface area contributed by atoms with Gasteiger partial charge in [0.2, 0.25) is 0 Å². The summed E-state index contributed by atoms with van der Waals surface area (Å²) in [4.78, 5) is 0. The van der Waals surface area contributed by atoms with Gasteiger partial charge in [-0.1, -0.05) is 38.5 Å². The van der Waals surface area contributed by atoms with Gasteiger partial charge in [-0.3, -0.25) is 0 Å². The van der Waals surface area contributed by atoms with Crippen molar-refractivity contribution in [3.63, 3.8) is 0 Å². The molecule has 0 amide bonds. The average molecular weight is 318 g/mol. The first kappa shape index (κ1) is 18.2. The standard InChI is InChI=1S/C16H25F3OSi/c1-4-21(5-2,20-3)12-7-6-9-14-10-8-11-15(13-14)16(17,18)19/h8,10-11,13H,4-7,9,12H2,1-3H3. The predicted octanol–water partition coefficient (Wildman–Crippen LogP) is 5.66. The van der Waals surface area contributed by atoms with Crippen molar-refractivity contribution in [3.8, 4) is 0 Å². The minimum absolute atomic E-state index is 0.553. The van der Waals surface area contributed by atoms with Gasteiger partial charge in [0.15, 0.2) is 8.32 Å². The third-order valence-electron chi connectivity index (χ3n) is 4.32. The molecule has 0 saturated heterocycles. The van der Waals surface area contributed by atoms with Crippen LogP contribution in [-0.4, -0.2) is 15.4 Å². The van der Waals surface area contributed by atoms with Crippen LogP contribution in [0.1, 0.15) is 37.8 Å². The second kappa shape index (κ2) is 7.99. The molecule has 0 N–H and O–H groups in total. The Bertz CT molecular complexity index is 420. The zero-order valence-corrected chi connectivity index (χ0v) is 14.1. The first-order chi connectivity index (χ1) is 9.87. The minimum atomic E-state index is -4.25. The summed E-state index contributed by atoms with van der Waals surface area (Å²) in [6, 6.07) is 8.95. The van der Waals surface area contributed by atoms with Crippen molar-refractivity contribution in [2.75, 3.05) is 7.11 Å². The normalized spacial score (nSPS) is 12.7. The molecular weight excluding hydrogens is 293 g/mol. The Morgan fingerprint density at radius 1 is 1.10 bits per heavy atom. The molecule has 1 aromatic carbocycles. The van der Waals surface area contributed by atoms with Crippen LogP contribution in [0.15, 0.2) is 24.3 Å². The molecule has 120 valence electrons. The van der Waals surface area contributed by atoms with Crippen molar-refractivity contribution < 1.29 is 17.6 Å². The molecule has 1 rings (SSSR count). The lowest BCUT2D eigenvalue weighted by Gasteiger charge is -2.27. The number of hydrogen-bond donors (Lipinski definition) is 0. The molecule has 0 saturated carbocycles. The molecule has 0 aliphatic rings. The number of unbranched alkanes of at least 4 members (excludes halogenated alkanes) is 1. The maximum absolute atomic E-state index is 12.6. The Morgan fingerprint density at radius 2 is 1.76 bits per heavy atom. The Hall–Kier alpha value is -0.813. The van der Waals surface area contributed by atoms with Crippen molar-refractivity contribution in [1.82, 2.24) is 0 Å². The third kappa shape index (κ3) is 5.47. The van der Waals surface area contributed by atoms with Crippen LogP contribution in [0.5, 0.6) is 0 Å². The highest BCUT2D eigenvalue weighted by Crippen LogP contribution is 2.30. The molecule has 0 bridgehead atoms. The van der Waals surface area contributed by atoms with Crippen molar-refractivity contribution in [2.24, 2.45) is 0 Å². The summed E-state index contributed by atoms with van der Waals surface area (Å²) in [7, 11) is 0.221. The fourth-order valence-corrected chi connectivity index (χ4v) is 5.56. The second-order valence-electron chi connectivity index (χ2n) is 5.50. The van der Waals surface area contributed by atoms with Crippen LogP contribution < -0.4 is 0 Å². The van der Waals surface area contributed by atoms with Crippen molar-refractivity contribution >= 4 is 8.32 Å². The van der Waals surface area contributed by atoms with Gasteiger partial charge in [-0.25, -0.2) is 0 Å². The molecule has 0 aliphatic heterocycles. The molecule has 5 heteroatoms. The molecule has 21 heavy (non-hydrogen) atoms. The van der Waals surface area contributed by atoms with E-state index in [-0.39, 0.29) is 0 Å². The maximum atomic E-state index is 12.6. The van der Waals surface area contributed by atoms with Gasteiger partial charge in [0.25, 0.3) is 0 Å². The van der Waals surface area contributed by atoms with E-state index >= 15 is 0 Å². The van der Waals surface area contributed by atoms with Crippen LogP contribution in [0, 0.1) is 0 Å². The summed E-state index contributed by atoms with van der Waals surface area (Å²) >= 11 is 0. The van der Waals surface area contributed by atoms with Crippen molar-refractivity contribution in [1.29, 1.82) is 0 Å². The van der Waals surface area contributed by atoms with E-state index in [2.05, 4.69) is 13.8 Å². The highest BCUT2D eigenvalue weighted by molar-refractivity contribution is 6.73. The first-order valence-corrected chi connectivity index (χ1v) is 10.1. The largest absolute Gasteiger partial charge is 0.420 e. The molecule has 0 unspecified atom stereocenters. The van der Waals surface area contributed by atoms with Gasteiger partial charge in [-0.15, -0.1) is 0 Å². The summed E-state index contributed by atoms with van der Waals surface area (Å²) in [6.07, 6.45) is -1.61. The lowest BCUT2D eigenvalue weighted by Crippen LogP contribution is -2.34.